The molecule has 1 aromatic heterocycles. The molecule has 0 unspecified atom stereocenters. The van der Waals surface area contributed by atoms with E-state index in [9.17, 15) is 13.6 Å². The summed E-state index contributed by atoms with van der Waals surface area (Å²) in [5.74, 6) is 0. The molecule has 0 radical (unpaired) electrons. The van der Waals surface area contributed by atoms with Crippen molar-refractivity contribution in [2.45, 2.75) is 24.3 Å². The van der Waals surface area contributed by atoms with Gasteiger partial charge < -0.3 is 5.21 Å². The third-order valence-corrected chi connectivity index (χ3v) is 6.86. The number of aromatic nitrogens is 2. The number of rotatable bonds is 5. The highest BCUT2D eigenvalue weighted by Gasteiger charge is 2.25. The Morgan fingerprint density at radius 1 is 1.15 bits per heavy atom. The molecule has 2 aromatic carbocycles. The van der Waals surface area contributed by atoms with E-state index in [-0.39, 0.29) is 0 Å². The normalized spacial score (nSPS) is 12.8. The number of benzene rings is 2. The Bertz CT molecular complexity index is 1070. The van der Waals surface area contributed by atoms with Crippen LogP contribution in [-0.2, 0) is 10.0 Å². The molecule has 3 aromatic rings. The van der Waals surface area contributed by atoms with Crippen molar-refractivity contribution in [1.29, 1.82) is 0 Å². The van der Waals surface area contributed by atoms with Crippen molar-refractivity contribution in [2.24, 2.45) is 5.16 Å². The maximum Gasteiger partial charge on any atom is 0.243 e. The Kier molecular flexibility index (Phi) is 5.06. The number of hydrogen-bond donors (Lipinski definition) is 1. The second kappa shape index (κ2) is 7.13. The highest BCUT2D eigenvalue weighted by molar-refractivity contribution is 7.99. The first-order valence-electron chi connectivity index (χ1n) is 7.99. The van der Waals surface area contributed by atoms with E-state index in [1.165, 1.54) is 15.7 Å². The van der Waals surface area contributed by atoms with Gasteiger partial charge in [-0.25, -0.2) is 17.4 Å². The molecule has 8 heteroatoms. The number of nitrogens with zero attached hydrogens (tertiary/aromatic N) is 3. The lowest BCUT2D eigenvalue weighted by atomic mass is 10.0. The predicted molar refractivity (Wildman–Crippen MR) is 105 cm³/mol. The molecular weight excluding hydrogens is 370 g/mol. The maximum absolute atomic E-state index is 12.8. The fourth-order valence-corrected chi connectivity index (χ4v) is 4.73. The number of hydrogen-bond acceptors (Lipinski definition) is 6. The van der Waals surface area contributed by atoms with Gasteiger partial charge in [0.05, 0.1) is 16.3 Å². The van der Waals surface area contributed by atoms with Crippen LogP contribution in [0.4, 0.5) is 0 Å². The lowest BCUT2D eigenvalue weighted by molar-refractivity contribution is 0.319. The standard InChI is InChI=1S/C18H19N3O3S2/c1-12(2)26(23,24)21-16-11-14(9-10-15(16)19-18(21)25-3)17(20-22)13-7-5-4-6-8-13/h4-12,22H,1-3H3/b20-17+. The van der Waals surface area contributed by atoms with Crippen LogP contribution in [0.25, 0.3) is 11.0 Å². The van der Waals surface area contributed by atoms with E-state index in [2.05, 4.69) is 10.1 Å². The van der Waals surface area contributed by atoms with E-state index in [1.807, 2.05) is 30.3 Å². The summed E-state index contributed by atoms with van der Waals surface area (Å²) in [5, 5.41) is 12.8. The van der Waals surface area contributed by atoms with Crippen molar-refractivity contribution < 1.29 is 13.6 Å². The van der Waals surface area contributed by atoms with Crippen LogP contribution in [0.1, 0.15) is 25.0 Å². The number of thioether (sulfide) groups is 1. The van der Waals surface area contributed by atoms with Gasteiger partial charge in [-0.1, -0.05) is 53.3 Å². The zero-order valence-corrected chi connectivity index (χ0v) is 16.3. The minimum atomic E-state index is -3.59. The van der Waals surface area contributed by atoms with E-state index in [4.69, 9.17) is 0 Å². The van der Waals surface area contributed by atoms with Crippen LogP contribution in [0.2, 0.25) is 0 Å². The zero-order chi connectivity index (χ0) is 18.9. The maximum atomic E-state index is 12.8. The lowest BCUT2D eigenvalue weighted by Gasteiger charge is -2.12. The summed E-state index contributed by atoms with van der Waals surface area (Å²) in [5.41, 5.74) is 2.76. The quantitative estimate of drug-likeness (QED) is 0.312. The van der Waals surface area contributed by atoms with Crippen molar-refractivity contribution in [3.8, 4) is 0 Å². The smallest absolute Gasteiger partial charge is 0.243 e. The highest BCUT2D eigenvalue weighted by Crippen LogP contribution is 2.27. The molecule has 6 nitrogen and oxygen atoms in total. The molecule has 0 aliphatic carbocycles. The van der Waals surface area contributed by atoms with Crippen LogP contribution < -0.4 is 0 Å². The minimum Gasteiger partial charge on any atom is -0.410 e. The molecule has 26 heavy (non-hydrogen) atoms. The van der Waals surface area contributed by atoms with E-state index in [1.54, 1.807) is 38.3 Å². The molecule has 1 heterocycles. The molecule has 0 saturated carbocycles. The molecule has 0 amide bonds. The second-order valence-corrected chi connectivity index (χ2v) is 9.09. The minimum absolute atomic E-state index is 0.368. The van der Waals surface area contributed by atoms with Crippen LogP contribution in [0, 0.1) is 0 Å². The summed E-state index contributed by atoms with van der Waals surface area (Å²) in [4.78, 5) is 4.42. The predicted octanol–water partition coefficient (Wildman–Crippen LogP) is 3.57. The van der Waals surface area contributed by atoms with Crippen LogP contribution in [0.3, 0.4) is 0 Å². The van der Waals surface area contributed by atoms with Gasteiger partial charge in [-0.2, -0.15) is 0 Å². The Balaban J connectivity index is 2.26. The van der Waals surface area contributed by atoms with Crippen molar-refractivity contribution in [2.75, 3.05) is 6.26 Å². The molecule has 0 aliphatic heterocycles. The van der Waals surface area contributed by atoms with E-state index < -0.39 is 15.3 Å². The monoisotopic (exact) mass is 389 g/mol. The molecular formula is C18H19N3O3S2. The third kappa shape index (κ3) is 3.10. The summed E-state index contributed by atoms with van der Waals surface area (Å²) in [6.45, 7) is 3.28. The summed E-state index contributed by atoms with van der Waals surface area (Å²) >= 11 is 1.27. The lowest BCUT2D eigenvalue weighted by Crippen LogP contribution is -2.23. The van der Waals surface area contributed by atoms with Crippen LogP contribution >= 0.6 is 11.8 Å². The number of imidazole rings is 1. The summed E-state index contributed by atoms with van der Waals surface area (Å²) < 4.78 is 27.0. The molecule has 1 N–H and O–H groups in total. The first-order valence-corrected chi connectivity index (χ1v) is 10.7. The highest BCUT2D eigenvalue weighted by atomic mass is 32.2. The van der Waals surface area contributed by atoms with Gasteiger partial charge in [0.25, 0.3) is 0 Å². The van der Waals surface area contributed by atoms with E-state index in [0.717, 1.165) is 5.56 Å². The molecule has 0 bridgehead atoms. The van der Waals surface area contributed by atoms with E-state index in [0.29, 0.717) is 27.5 Å². The van der Waals surface area contributed by atoms with Crippen LogP contribution in [0.15, 0.2) is 58.8 Å². The second-order valence-electron chi connectivity index (χ2n) is 5.97. The largest absolute Gasteiger partial charge is 0.410 e. The van der Waals surface area contributed by atoms with Gasteiger partial charge >= 0.3 is 0 Å². The zero-order valence-electron chi connectivity index (χ0n) is 14.6. The first-order chi connectivity index (χ1) is 12.4. The summed E-state index contributed by atoms with van der Waals surface area (Å²) in [6, 6.07) is 14.4. The van der Waals surface area contributed by atoms with Gasteiger partial charge in [-0.05, 0) is 32.2 Å². The van der Waals surface area contributed by atoms with Gasteiger partial charge in [-0.3, -0.25) is 0 Å². The van der Waals surface area contributed by atoms with Gasteiger partial charge in [0.15, 0.2) is 5.16 Å². The topological polar surface area (TPSA) is 84.6 Å². The molecule has 0 fully saturated rings. The van der Waals surface area contributed by atoms with Gasteiger partial charge in [0.2, 0.25) is 10.0 Å². The molecule has 0 spiro atoms. The molecule has 0 saturated heterocycles. The van der Waals surface area contributed by atoms with Crippen LogP contribution in [0.5, 0.6) is 0 Å². The van der Waals surface area contributed by atoms with Crippen molar-refractivity contribution in [3.05, 3.63) is 59.7 Å². The fourth-order valence-electron chi connectivity index (χ4n) is 2.64. The van der Waals surface area contributed by atoms with Crippen molar-refractivity contribution in [3.63, 3.8) is 0 Å². The number of oxime groups is 1. The summed E-state index contributed by atoms with van der Waals surface area (Å²) in [7, 11) is -3.59. The third-order valence-electron chi connectivity index (χ3n) is 4.04. The van der Waals surface area contributed by atoms with Crippen molar-refractivity contribution >= 4 is 38.5 Å². The fraction of sp³-hybridized carbons (Fsp3) is 0.222. The Hall–Kier alpha value is -2.32. The van der Waals surface area contributed by atoms with E-state index >= 15 is 0 Å². The molecule has 136 valence electrons. The Labute approximate surface area is 156 Å². The average Bonchev–Trinajstić information content (AvgIpc) is 3.01. The number of fused-ring (bicyclic) bond motifs is 1. The Morgan fingerprint density at radius 3 is 2.42 bits per heavy atom. The van der Waals surface area contributed by atoms with Gasteiger partial charge in [0.1, 0.15) is 5.71 Å². The molecule has 0 atom stereocenters. The molecule has 3 rings (SSSR count). The van der Waals surface area contributed by atoms with Gasteiger partial charge in [-0.15, -0.1) is 0 Å². The SMILES string of the molecule is CSc1nc2ccc(/C(=N/O)c3ccccc3)cc2n1S(=O)(=O)C(C)C. The van der Waals surface area contributed by atoms with Gasteiger partial charge in [0, 0.05) is 11.1 Å². The Morgan fingerprint density at radius 2 is 1.85 bits per heavy atom. The van der Waals surface area contributed by atoms with Crippen molar-refractivity contribution in [1.82, 2.24) is 8.96 Å². The summed E-state index contributed by atoms with van der Waals surface area (Å²) in [6.07, 6.45) is 1.79. The first kappa shape index (κ1) is 18.5. The molecule has 0 aliphatic rings. The average molecular weight is 390 g/mol. The van der Waals surface area contributed by atoms with Crippen LogP contribution in [-0.4, -0.2) is 39.8 Å².